The average Bonchev–Trinajstić information content (AvgIpc) is 3.12. The van der Waals surface area contributed by atoms with E-state index in [1.165, 1.54) is 5.56 Å². The van der Waals surface area contributed by atoms with E-state index in [4.69, 9.17) is 4.74 Å². The molecule has 5 nitrogen and oxygen atoms in total. The Balaban J connectivity index is 1.74. The molecule has 1 saturated heterocycles. The summed E-state index contributed by atoms with van der Waals surface area (Å²) < 4.78 is 5.79. The van der Waals surface area contributed by atoms with E-state index in [0.29, 0.717) is 26.0 Å². The molecule has 0 spiro atoms. The Morgan fingerprint density at radius 1 is 1.43 bits per heavy atom. The van der Waals surface area contributed by atoms with Crippen LogP contribution in [0.1, 0.15) is 48.9 Å². The van der Waals surface area contributed by atoms with Gasteiger partial charge in [-0.25, -0.2) is 0 Å². The number of nitrogens with zero attached hydrogens (tertiary/aromatic N) is 1. The van der Waals surface area contributed by atoms with Gasteiger partial charge in [-0.3, -0.25) is 9.59 Å². The lowest BCUT2D eigenvalue weighted by Gasteiger charge is -2.27. The fourth-order valence-electron chi connectivity index (χ4n) is 3.47. The summed E-state index contributed by atoms with van der Waals surface area (Å²) in [6.45, 7) is 7.17. The van der Waals surface area contributed by atoms with Crippen molar-refractivity contribution in [2.24, 2.45) is 0 Å². The maximum Gasteiger partial charge on any atom is 0.243 e. The van der Waals surface area contributed by atoms with Gasteiger partial charge < -0.3 is 15.0 Å². The van der Waals surface area contributed by atoms with Crippen molar-refractivity contribution in [1.82, 2.24) is 10.2 Å². The summed E-state index contributed by atoms with van der Waals surface area (Å²) in [5.41, 5.74) is 3.34. The Hall–Kier alpha value is -2.04. The highest BCUT2D eigenvalue weighted by molar-refractivity contribution is 5.88. The van der Waals surface area contributed by atoms with Gasteiger partial charge in [0.2, 0.25) is 11.8 Å². The smallest absolute Gasteiger partial charge is 0.243 e. The van der Waals surface area contributed by atoms with Gasteiger partial charge in [-0.05, 0) is 37.8 Å². The molecule has 0 radical (unpaired) electrons. The van der Waals surface area contributed by atoms with Gasteiger partial charge in [0.15, 0.2) is 0 Å². The van der Waals surface area contributed by atoms with Gasteiger partial charge >= 0.3 is 0 Å². The van der Waals surface area contributed by atoms with Gasteiger partial charge in [0, 0.05) is 18.5 Å². The highest BCUT2D eigenvalue weighted by Gasteiger charge is 2.34. The van der Waals surface area contributed by atoms with E-state index in [2.05, 4.69) is 18.3 Å². The first-order valence-corrected chi connectivity index (χ1v) is 8.35. The molecule has 2 atom stereocenters. The normalized spacial score (nSPS) is 21.1. The third-order valence-electron chi connectivity index (χ3n) is 4.97. The zero-order chi connectivity index (χ0) is 16.6. The first-order chi connectivity index (χ1) is 11.0. The molecule has 0 aliphatic carbocycles. The van der Waals surface area contributed by atoms with Crippen molar-refractivity contribution in [3.8, 4) is 5.75 Å². The lowest BCUT2D eigenvalue weighted by atomic mass is 10.0. The van der Waals surface area contributed by atoms with Crippen molar-refractivity contribution in [1.29, 1.82) is 0 Å². The van der Waals surface area contributed by atoms with Crippen LogP contribution in [0.15, 0.2) is 12.1 Å². The number of likely N-dealkylation sites (tertiary alicyclic amines) is 1. The number of hydrogen-bond acceptors (Lipinski definition) is 3. The van der Waals surface area contributed by atoms with Crippen LogP contribution in [0.25, 0.3) is 0 Å². The molecule has 1 N–H and O–H groups in total. The minimum Gasteiger partial charge on any atom is -0.490 e. The standard InChI is InChI=1S/C18H24N2O3/c1-4-15(20-9-5-6-16(20)21)18(22)19-14-10-23-17-12(3)11(2)7-8-13(14)17/h7-8,14-15H,4-6,9-10H2,1-3H3,(H,19,22)/t14-,15-/m1/s1. The molecule has 0 unspecified atom stereocenters. The summed E-state index contributed by atoms with van der Waals surface area (Å²) in [5.74, 6) is 0.893. The Kier molecular flexibility index (Phi) is 4.28. The minimum atomic E-state index is -0.374. The molecular weight excluding hydrogens is 292 g/mol. The van der Waals surface area contributed by atoms with E-state index in [1.54, 1.807) is 4.90 Å². The van der Waals surface area contributed by atoms with Crippen LogP contribution >= 0.6 is 0 Å². The number of amides is 2. The predicted octanol–water partition coefficient (Wildman–Crippen LogP) is 2.25. The first-order valence-electron chi connectivity index (χ1n) is 8.35. The Bertz CT molecular complexity index is 641. The van der Waals surface area contributed by atoms with E-state index in [-0.39, 0.29) is 23.9 Å². The van der Waals surface area contributed by atoms with Crippen LogP contribution in [0.3, 0.4) is 0 Å². The van der Waals surface area contributed by atoms with E-state index in [0.717, 1.165) is 23.3 Å². The average molecular weight is 316 g/mol. The van der Waals surface area contributed by atoms with Crippen molar-refractivity contribution >= 4 is 11.8 Å². The second kappa shape index (κ2) is 6.22. The van der Waals surface area contributed by atoms with Crippen LogP contribution in [0.5, 0.6) is 5.75 Å². The summed E-state index contributed by atoms with van der Waals surface area (Å²) in [6, 6.07) is 3.57. The molecule has 23 heavy (non-hydrogen) atoms. The molecule has 0 bridgehead atoms. The molecule has 0 saturated carbocycles. The zero-order valence-electron chi connectivity index (χ0n) is 14.0. The fourth-order valence-corrected chi connectivity index (χ4v) is 3.47. The molecule has 3 rings (SSSR count). The number of rotatable bonds is 4. The summed E-state index contributed by atoms with van der Waals surface area (Å²) >= 11 is 0. The lowest BCUT2D eigenvalue weighted by Crippen LogP contribution is -2.48. The van der Waals surface area contributed by atoms with Crippen molar-refractivity contribution in [3.63, 3.8) is 0 Å². The first kappa shape index (κ1) is 15.8. The van der Waals surface area contributed by atoms with Gasteiger partial charge in [-0.1, -0.05) is 19.1 Å². The largest absolute Gasteiger partial charge is 0.490 e. The Labute approximate surface area is 137 Å². The molecule has 2 aliphatic rings. The molecule has 0 aromatic heterocycles. The molecular formula is C18H24N2O3. The van der Waals surface area contributed by atoms with E-state index in [1.807, 2.05) is 19.9 Å². The van der Waals surface area contributed by atoms with Crippen LogP contribution in [0.4, 0.5) is 0 Å². The molecule has 5 heteroatoms. The van der Waals surface area contributed by atoms with Gasteiger partial charge in [0.1, 0.15) is 18.4 Å². The molecule has 124 valence electrons. The van der Waals surface area contributed by atoms with Gasteiger partial charge in [0.05, 0.1) is 6.04 Å². The monoisotopic (exact) mass is 316 g/mol. The van der Waals surface area contributed by atoms with E-state index >= 15 is 0 Å². The van der Waals surface area contributed by atoms with Gasteiger partial charge in [-0.15, -0.1) is 0 Å². The number of nitrogens with one attached hydrogen (secondary N) is 1. The quantitative estimate of drug-likeness (QED) is 0.927. The van der Waals surface area contributed by atoms with Gasteiger partial charge in [0.25, 0.3) is 0 Å². The molecule has 1 aromatic rings. The van der Waals surface area contributed by atoms with Crippen molar-refractivity contribution in [2.45, 2.75) is 52.1 Å². The number of carbonyl (C=O) groups excluding carboxylic acids is 2. The number of hydrogen-bond donors (Lipinski definition) is 1. The summed E-state index contributed by atoms with van der Waals surface area (Å²) in [4.78, 5) is 26.3. The van der Waals surface area contributed by atoms with Crippen molar-refractivity contribution < 1.29 is 14.3 Å². The predicted molar refractivity (Wildman–Crippen MR) is 87.3 cm³/mol. The van der Waals surface area contributed by atoms with E-state index in [9.17, 15) is 9.59 Å². The number of benzene rings is 1. The third-order valence-corrected chi connectivity index (χ3v) is 4.97. The van der Waals surface area contributed by atoms with Crippen LogP contribution in [-0.2, 0) is 9.59 Å². The molecule has 2 aliphatic heterocycles. The third kappa shape index (κ3) is 2.80. The fraction of sp³-hybridized carbons (Fsp3) is 0.556. The zero-order valence-corrected chi connectivity index (χ0v) is 14.0. The van der Waals surface area contributed by atoms with Crippen LogP contribution in [0, 0.1) is 13.8 Å². The highest BCUT2D eigenvalue weighted by atomic mass is 16.5. The maximum atomic E-state index is 12.7. The minimum absolute atomic E-state index is 0.0811. The number of fused-ring (bicyclic) bond motifs is 1. The second-order valence-electron chi connectivity index (χ2n) is 6.41. The number of aryl methyl sites for hydroxylation is 1. The molecule has 2 heterocycles. The van der Waals surface area contributed by atoms with Crippen LogP contribution in [-0.4, -0.2) is 35.9 Å². The highest BCUT2D eigenvalue weighted by Crippen LogP contribution is 2.36. The van der Waals surface area contributed by atoms with E-state index < -0.39 is 0 Å². The topological polar surface area (TPSA) is 58.6 Å². The summed E-state index contributed by atoms with van der Waals surface area (Å²) in [5, 5.41) is 3.07. The van der Waals surface area contributed by atoms with Crippen molar-refractivity contribution in [3.05, 3.63) is 28.8 Å². The SMILES string of the molecule is CC[C@H](C(=O)N[C@@H]1COc2c1ccc(C)c2C)N1CCCC1=O. The van der Waals surface area contributed by atoms with Crippen LogP contribution in [0.2, 0.25) is 0 Å². The summed E-state index contributed by atoms with van der Waals surface area (Å²) in [7, 11) is 0. The Morgan fingerprint density at radius 3 is 2.87 bits per heavy atom. The number of carbonyl (C=O) groups is 2. The molecule has 2 amide bonds. The molecule has 1 fully saturated rings. The maximum absolute atomic E-state index is 12.7. The van der Waals surface area contributed by atoms with Crippen LogP contribution < -0.4 is 10.1 Å². The molecule has 1 aromatic carbocycles. The van der Waals surface area contributed by atoms with Crippen molar-refractivity contribution in [2.75, 3.05) is 13.2 Å². The Morgan fingerprint density at radius 2 is 2.22 bits per heavy atom. The summed E-state index contributed by atoms with van der Waals surface area (Å²) in [6.07, 6.45) is 2.03. The second-order valence-corrected chi connectivity index (χ2v) is 6.41. The lowest BCUT2D eigenvalue weighted by molar-refractivity contribution is -0.138. The number of ether oxygens (including phenoxy) is 1. The van der Waals surface area contributed by atoms with Gasteiger partial charge in [-0.2, -0.15) is 0 Å².